The molecule has 0 fully saturated rings. The van der Waals surface area contributed by atoms with Gasteiger partial charge in [0.15, 0.2) is 11.5 Å². The Hall–Kier alpha value is -3.28. The predicted octanol–water partition coefficient (Wildman–Crippen LogP) is 5.15. The van der Waals surface area contributed by atoms with Gasteiger partial charge in [-0.15, -0.1) is 0 Å². The Morgan fingerprint density at radius 3 is 2.28 bits per heavy atom. The molecule has 0 spiro atoms. The smallest absolute Gasteiger partial charge is 0.224 e. The van der Waals surface area contributed by atoms with Gasteiger partial charge in [-0.1, -0.05) is 39.0 Å². The average molecular weight is 393 g/mol. The first-order valence-electron chi connectivity index (χ1n) is 9.54. The molecule has 0 radical (unpaired) electrons. The van der Waals surface area contributed by atoms with Crippen molar-refractivity contribution in [2.24, 2.45) is 0 Å². The van der Waals surface area contributed by atoms with Crippen LogP contribution in [0.5, 0.6) is 11.5 Å². The number of aromatic nitrogens is 2. The molecule has 0 aliphatic carbocycles. The van der Waals surface area contributed by atoms with Crippen molar-refractivity contribution < 1.29 is 9.47 Å². The summed E-state index contributed by atoms with van der Waals surface area (Å²) in [5.41, 5.74) is 3.46. The highest BCUT2D eigenvalue weighted by Crippen LogP contribution is 2.28. The van der Waals surface area contributed by atoms with Crippen molar-refractivity contribution in [2.45, 2.75) is 32.7 Å². The molecule has 3 aromatic rings. The quantitative estimate of drug-likeness (QED) is 0.580. The fourth-order valence-electron chi connectivity index (χ4n) is 2.89. The molecule has 0 amide bonds. The lowest BCUT2D eigenvalue weighted by atomic mass is 9.87. The SMILES string of the molecule is COc1ccc(CNc2nccc(Nc3ccc(C(C)(C)C)cc3)n2)cc1OC. The molecule has 0 saturated carbocycles. The van der Waals surface area contributed by atoms with Crippen LogP contribution < -0.4 is 20.1 Å². The monoisotopic (exact) mass is 392 g/mol. The zero-order valence-electron chi connectivity index (χ0n) is 17.6. The molecule has 152 valence electrons. The van der Waals surface area contributed by atoms with E-state index in [9.17, 15) is 0 Å². The van der Waals surface area contributed by atoms with Gasteiger partial charge in [0.2, 0.25) is 5.95 Å². The lowest BCUT2D eigenvalue weighted by Gasteiger charge is -2.19. The molecule has 0 aliphatic rings. The lowest BCUT2D eigenvalue weighted by Crippen LogP contribution is -2.10. The van der Waals surface area contributed by atoms with Crippen molar-refractivity contribution in [3.05, 3.63) is 65.9 Å². The number of nitrogens with zero attached hydrogens (tertiary/aromatic N) is 2. The number of benzene rings is 2. The molecular formula is C23H28N4O2. The van der Waals surface area contributed by atoms with Gasteiger partial charge >= 0.3 is 0 Å². The lowest BCUT2D eigenvalue weighted by molar-refractivity contribution is 0.354. The third-order valence-corrected chi connectivity index (χ3v) is 4.58. The molecule has 2 N–H and O–H groups in total. The topological polar surface area (TPSA) is 68.3 Å². The van der Waals surface area contributed by atoms with Gasteiger partial charge in [-0.2, -0.15) is 4.98 Å². The summed E-state index contributed by atoms with van der Waals surface area (Å²) in [6.07, 6.45) is 1.73. The van der Waals surface area contributed by atoms with Crippen LogP contribution in [0.1, 0.15) is 31.9 Å². The van der Waals surface area contributed by atoms with Crippen molar-refractivity contribution >= 4 is 17.5 Å². The Balaban J connectivity index is 1.65. The van der Waals surface area contributed by atoms with E-state index >= 15 is 0 Å². The van der Waals surface area contributed by atoms with E-state index < -0.39 is 0 Å². The molecule has 0 aliphatic heterocycles. The molecule has 1 aromatic heterocycles. The highest BCUT2D eigenvalue weighted by atomic mass is 16.5. The van der Waals surface area contributed by atoms with Crippen LogP contribution in [0, 0.1) is 0 Å². The van der Waals surface area contributed by atoms with Crippen molar-refractivity contribution in [3.63, 3.8) is 0 Å². The molecule has 6 nitrogen and oxygen atoms in total. The fraction of sp³-hybridized carbons (Fsp3) is 0.304. The number of rotatable bonds is 7. The van der Waals surface area contributed by atoms with Crippen LogP contribution in [-0.4, -0.2) is 24.2 Å². The maximum absolute atomic E-state index is 5.35. The van der Waals surface area contributed by atoms with Gasteiger partial charge in [-0.05, 0) is 46.9 Å². The second kappa shape index (κ2) is 8.82. The summed E-state index contributed by atoms with van der Waals surface area (Å²) in [6, 6.07) is 16.1. The van der Waals surface area contributed by atoms with Gasteiger partial charge in [0.1, 0.15) is 5.82 Å². The van der Waals surface area contributed by atoms with Gasteiger partial charge in [0.05, 0.1) is 14.2 Å². The molecule has 0 unspecified atom stereocenters. The summed E-state index contributed by atoms with van der Waals surface area (Å²) in [4.78, 5) is 8.84. The number of hydrogen-bond acceptors (Lipinski definition) is 6. The third kappa shape index (κ3) is 5.38. The summed E-state index contributed by atoms with van der Waals surface area (Å²) in [7, 11) is 3.25. The van der Waals surface area contributed by atoms with Crippen LogP contribution in [-0.2, 0) is 12.0 Å². The Kier molecular flexibility index (Phi) is 6.22. The maximum atomic E-state index is 5.35. The number of nitrogens with one attached hydrogen (secondary N) is 2. The molecule has 0 bridgehead atoms. The van der Waals surface area contributed by atoms with Crippen LogP contribution in [0.25, 0.3) is 0 Å². The largest absolute Gasteiger partial charge is 0.493 e. The van der Waals surface area contributed by atoms with Gasteiger partial charge < -0.3 is 20.1 Å². The maximum Gasteiger partial charge on any atom is 0.224 e. The molecule has 0 atom stereocenters. The Bertz CT molecular complexity index is 950. The summed E-state index contributed by atoms with van der Waals surface area (Å²) in [5, 5.41) is 6.57. The van der Waals surface area contributed by atoms with E-state index in [1.165, 1.54) is 5.56 Å². The standard InChI is InChI=1S/C23H28N4O2/c1-23(2,3)17-7-9-18(10-8-17)26-21-12-13-24-22(27-21)25-15-16-6-11-19(28-4)20(14-16)29-5/h6-14H,15H2,1-5H3,(H2,24,25,26,27). The Morgan fingerprint density at radius 2 is 1.62 bits per heavy atom. The van der Waals surface area contributed by atoms with Crippen LogP contribution in [0.3, 0.4) is 0 Å². The second-order valence-corrected chi connectivity index (χ2v) is 7.76. The number of ether oxygens (including phenoxy) is 2. The first kappa shape index (κ1) is 20.5. The molecule has 1 heterocycles. The highest BCUT2D eigenvalue weighted by Gasteiger charge is 2.13. The fourth-order valence-corrected chi connectivity index (χ4v) is 2.89. The van der Waals surface area contributed by atoms with Gasteiger partial charge in [0.25, 0.3) is 0 Å². The van der Waals surface area contributed by atoms with E-state index in [0.717, 1.165) is 17.1 Å². The van der Waals surface area contributed by atoms with Gasteiger partial charge in [-0.3, -0.25) is 0 Å². The Morgan fingerprint density at radius 1 is 0.897 bits per heavy atom. The average Bonchev–Trinajstić information content (AvgIpc) is 2.72. The summed E-state index contributed by atoms with van der Waals surface area (Å²) >= 11 is 0. The first-order chi connectivity index (χ1) is 13.9. The van der Waals surface area contributed by atoms with E-state index in [2.05, 4.69) is 65.6 Å². The van der Waals surface area contributed by atoms with Crippen molar-refractivity contribution in [2.75, 3.05) is 24.9 Å². The molecule has 3 rings (SSSR count). The van der Waals surface area contributed by atoms with Gasteiger partial charge in [-0.25, -0.2) is 4.98 Å². The van der Waals surface area contributed by atoms with Crippen LogP contribution >= 0.6 is 0 Å². The van der Waals surface area contributed by atoms with E-state index in [4.69, 9.17) is 9.47 Å². The van der Waals surface area contributed by atoms with Crippen LogP contribution in [0.4, 0.5) is 17.5 Å². The molecule has 29 heavy (non-hydrogen) atoms. The minimum Gasteiger partial charge on any atom is -0.493 e. The zero-order valence-corrected chi connectivity index (χ0v) is 17.6. The van der Waals surface area contributed by atoms with Crippen molar-refractivity contribution in [3.8, 4) is 11.5 Å². The molecular weight excluding hydrogens is 364 g/mol. The molecule has 0 saturated heterocycles. The minimum atomic E-state index is 0.134. The van der Waals surface area contributed by atoms with Crippen LogP contribution in [0.2, 0.25) is 0 Å². The van der Waals surface area contributed by atoms with E-state index in [0.29, 0.717) is 24.0 Å². The van der Waals surface area contributed by atoms with Crippen LogP contribution in [0.15, 0.2) is 54.7 Å². The number of anilines is 3. The first-order valence-corrected chi connectivity index (χ1v) is 9.54. The summed E-state index contributed by atoms with van der Waals surface area (Å²) in [5.74, 6) is 2.69. The molecule has 2 aromatic carbocycles. The Labute approximate surface area is 172 Å². The third-order valence-electron chi connectivity index (χ3n) is 4.58. The van der Waals surface area contributed by atoms with E-state index in [1.807, 2.05) is 24.3 Å². The summed E-state index contributed by atoms with van der Waals surface area (Å²) < 4.78 is 10.6. The normalized spacial score (nSPS) is 11.1. The molecule has 6 heteroatoms. The minimum absolute atomic E-state index is 0.134. The number of hydrogen-bond donors (Lipinski definition) is 2. The van der Waals surface area contributed by atoms with Gasteiger partial charge in [0, 0.05) is 18.4 Å². The number of methoxy groups -OCH3 is 2. The van der Waals surface area contributed by atoms with Crippen molar-refractivity contribution in [1.82, 2.24) is 9.97 Å². The van der Waals surface area contributed by atoms with Crippen molar-refractivity contribution in [1.29, 1.82) is 0 Å². The second-order valence-electron chi connectivity index (χ2n) is 7.76. The zero-order chi connectivity index (χ0) is 20.9. The predicted molar refractivity (Wildman–Crippen MR) is 117 cm³/mol. The summed E-state index contributed by atoms with van der Waals surface area (Å²) in [6.45, 7) is 7.19. The highest BCUT2D eigenvalue weighted by molar-refractivity contribution is 5.57. The van der Waals surface area contributed by atoms with E-state index in [1.54, 1.807) is 20.4 Å². The van der Waals surface area contributed by atoms with E-state index in [-0.39, 0.29) is 5.41 Å².